The van der Waals surface area contributed by atoms with Gasteiger partial charge in [-0.3, -0.25) is 0 Å². The summed E-state index contributed by atoms with van der Waals surface area (Å²) in [6, 6.07) is 0. The predicted molar refractivity (Wildman–Crippen MR) is 49.0 cm³/mol. The van der Waals surface area contributed by atoms with Crippen molar-refractivity contribution in [3.05, 3.63) is 9.19 Å². The van der Waals surface area contributed by atoms with Crippen LogP contribution in [0.1, 0.15) is 25.7 Å². The van der Waals surface area contributed by atoms with Crippen LogP contribution in [0.4, 0.5) is 0 Å². The second-order valence-electron chi connectivity index (χ2n) is 3.09. The zero-order chi connectivity index (χ0) is 8.27. The summed E-state index contributed by atoms with van der Waals surface area (Å²) in [5.41, 5.74) is 1.15. The Hall–Kier alpha value is 0.200. The SMILES string of the molecule is C[Te+](C)C1=C(C=O)CCCC1. The first-order chi connectivity index (χ1) is 5.25. The van der Waals surface area contributed by atoms with Crippen LogP contribution >= 0.6 is 0 Å². The molecular weight excluding hydrogens is 252 g/mol. The van der Waals surface area contributed by atoms with Crippen molar-refractivity contribution in [2.24, 2.45) is 0 Å². The Labute approximate surface area is 75.5 Å². The molecule has 0 bridgehead atoms. The Balaban J connectivity index is 2.81. The third kappa shape index (κ3) is 2.32. The molecule has 0 fully saturated rings. The molecule has 0 N–H and O–H groups in total. The topological polar surface area (TPSA) is 17.1 Å². The molecule has 2 heteroatoms. The minimum absolute atomic E-state index is 0.958. The molecule has 0 saturated carbocycles. The molecule has 0 aliphatic heterocycles. The molecule has 62 valence electrons. The normalized spacial score (nSPS) is 19.2. The van der Waals surface area contributed by atoms with Gasteiger partial charge in [-0.2, -0.15) is 0 Å². The van der Waals surface area contributed by atoms with Gasteiger partial charge in [0.1, 0.15) is 0 Å². The average molecular weight is 267 g/mol. The van der Waals surface area contributed by atoms with Gasteiger partial charge in [0.15, 0.2) is 0 Å². The molecule has 0 heterocycles. The van der Waals surface area contributed by atoms with E-state index in [0.717, 1.165) is 18.3 Å². The number of hydrogen-bond donors (Lipinski definition) is 0. The molecular formula is C9H15OTe+. The summed E-state index contributed by atoms with van der Waals surface area (Å²) in [5, 5.41) is 0. The van der Waals surface area contributed by atoms with Gasteiger partial charge in [0.05, 0.1) is 0 Å². The van der Waals surface area contributed by atoms with Gasteiger partial charge in [-0.15, -0.1) is 0 Å². The van der Waals surface area contributed by atoms with Crippen LogP contribution in [-0.4, -0.2) is 25.8 Å². The third-order valence-electron chi connectivity index (χ3n) is 2.09. The van der Waals surface area contributed by atoms with Crippen molar-refractivity contribution in [2.75, 3.05) is 0 Å². The summed E-state index contributed by atoms with van der Waals surface area (Å²) >= 11 is -0.958. The van der Waals surface area contributed by atoms with E-state index in [1.54, 1.807) is 3.62 Å². The van der Waals surface area contributed by atoms with E-state index < -0.39 is 19.6 Å². The van der Waals surface area contributed by atoms with Gasteiger partial charge in [-0.05, 0) is 0 Å². The number of hydrogen-bond acceptors (Lipinski definition) is 1. The molecule has 0 amide bonds. The Morgan fingerprint density at radius 1 is 1.27 bits per heavy atom. The fourth-order valence-electron chi connectivity index (χ4n) is 1.49. The van der Waals surface area contributed by atoms with Gasteiger partial charge in [0.2, 0.25) is 0 Å². The first-order valence-corrected chi connectivity index (χ1v) is 9.83. The van der Waals surface area contributed by atoms with Crippen LogP contribution in [0.2, 0.25) is 9.94 Å². The molecule has 0 aromatic rings. The first-order valence-electron chi connectivity index (χ1n) is 4.00. The Bertz CT molecular complexity index is 182. The van der Waals surface area contributed by atoms with Crippen molar-refractivity contribution < 1.29 is 4.79 Å². The molecule has 0 aromatic heterocycles. The van der Waals surface area contributed by atoms with Crippen molar-refractivity contribution in [3.63, 3.8) is 0 Å². The van der Waals surface area contributed by atoms with E-state index in [9.17, 15) is 4.79 Å². The Morgan fingerprint density at radius 3 is 2.36 bits per heavy atom. The van der Waals surface area contributed by atoms with Crippen LogP contribution in [-0.2, 0) is 4.79 Å². The Morgan fingerprint density at radius 2 is 1.91 bits per heavy atom. The molecule has 1 rings (SSSR count). The van der Waals surface area contributed by atoms with Crippen LogP contribution in [0.3, 0.4) is 0 Å². The van der Waals surface area contributed by atoms with Crippen molar-refractivity contribution >= 4 is 25.8 Å². The second kappa shape index (κ2) is 4.28. The van der Waals surface area contributed by atoms with Gasteiger partial charge < -0.3 is 0 Å². The molecule has 0 radical (unpaired) electrons. The van der Waals surface area contributed by atoms with Gasteiger partial charge in [-0.25, -0.2) is 0 Å². The van der Waals surface area contributed by atoms with E-state index in [0.29, 0.717) is 0 Å². The van der Waals surface area contributed by atoms with Crippen molar-refractivity contribution in [1.82, 2.24) is 0 Å². The standard InChI is InChI=1S/C9H15OTe/c1-11(2)9-6-4-3-5-8(9)7-10/h7H,3-6H2,1-2H3/q+1. The van der Waals surface area contributed by atoms with E-state index in [2.05, 4.69) is 9.94 Å². The van der Waals surface area contributed by atoms with Gasteiger partial charge >= 0.3 is 75.5 Å². The van der Waals surface area contributed by atoms with E-state index in [-0.39, 0.29) is 0 Å². The van der Waals surface area contributed by atoms with E-state index in [1.165, 1.54) is 19.3 Å². The first kappa shape index (κ1) is 9.29. The van der Waals surface area contributed by atoms with Crippen molar-refractivity contribution in [1.29, 1.82) is 0 Å². The third-order valence-corrected chi connectivity index (χ3v) is 6.24. The number of carbonyl (C=O) groups excluding carboxylic acids is 1. The molecule has 0 atom stereocenters. The summed E-state index contributed by atoms with van der Waals surface area (Å²) < 4.78 is 1.56. The number of rotatable bonds is 2. The summed E-state index contributed by atoms with van der Waals surface area (Å²) in [7, 11) is 0. The fourth-order valence-corrected chi connectivity index (χ4v) is 4.99. The minimum atomic E-state index is -0.958. The second-order valence-corrected chi connectivity index (χ2v) is 9.16. The fraction of sp³-hybridized carbons (Fsp3) is 0.667. The van der Waals surface area contributed by atoms with Crippen LogP contribution in [0.25, 0.3) is 0 Å². The monoisotopic (exact) mass is 269 g/mol. The summed E-state index contributed by atoms with van der Waals surface area (Å²) in [5.74, 6) is 0. The van der Waals surface area contributed by atoms with Crippen LogP contribution in [0.5, 0.6) is 0 Å². The van der Waals surface area contributed by atoms with E-state index in [1.807, 2.05) is 0 Å². The molecule has 11 heavy (non-hydrogen) atoms. The number of allylic oxidation sites excluding steroid dienone is 2. The number of aldehydes is 1. The molecule has 0 unspecified atom stereocenters. The molecule has 1 nitrogen and oxygen atoms in total. The maximum absolute atomic E-state index is 10.6. The average Bonchev–Trinajstić information content (AvgIpc) is 2.04. The van der Waals surface area contributed by atoms with Crippen molar-refractivity contribution in [3.8, 4) is 0 Å². The van der Waals surface area contributed by atoms with Gasteiger partial charge in [-0.1, -0.05) is 0 Å². The van der Waals surface area contributed by atoms with E-state index >= 15 is 0 Å². The van der Waals surface area contributed by atoms with Crippen LogP contribution in [0.15, 0.2) is 9.19 Å². The zero-order valence-corrected chi connectivity index (χ0v) is 9.55. The van der Waals surface area contributed by atoms with Gasteiger partial charge in [0, 0.05) is 0 Å². The molecule has 1 aliphatic rings. The quantitative estimate of drug-likeness (QED) is 0.554. The predicted octanol–water partition coefficient (Wildman–Crippen LogP) is 2.35. The molecule has 1 aliphatic carbocycles. The molecule has 0 saturated heterocycles. The maximum atomic E-state index is 10.6. The number of carbonyl (C=O) groups is 1. The van der Waals surface area contributed by atoms with E-state index in [4.69, 9.17) is 0 Å². The molecule has 0 aromatic carbocycles. The van der Waals surface area contributed by atoms with Crippen molar-refractivity contribution in [2.45, 2.75) is 35.6 Å². The Kier molecular flexibility index (Phi) is 3.62. The van der Waals surface area contributed by atoms with Crippen LogP contribution in [0, 0.1) is 0 Å². The van der Waals surface area contributed by atoms with Gasteiger partial charge in [0.25, 0.3) is 0 Å². The summed E-state index contributed by atoms with van der Waals surface area (Å²) in [6.45, 7) is 0. The molecule has 0 spiro atoms. The summed E-state index contributed by atoms with van der Waals surface area (Å²) in [4.78, 5) is 15.3. The summed E-state index contributed by atoms with van der Waals surface area (Å²) in [6.07, 6.45) is 5.90. The van der Waals surface area contributed by atoms with Crippen LogP contribution < -0.4 is 0 Å². The zero-order valence-electron chi connectivity index (χ0n) is 7.22.